The van der Waals surface area contributed by atoms with E-state index in [4.69, 9.17) is 9.84 Å². The fraction of sp³-hybridized carbons (Fsp3) is 0.933. The van der Waals surface area contributed by atoms with Gasteiger partial charge in [0.2, 0.25) is 0 Å². The average molecular weight is 483 g/mol. The fourth-order valence-electron chi connectivity index (χ4n) is 4.90. The first-order chi connectivity index (χ1) is 16.5. The van der Waals surface area contributed by atoms with Gasteiger partial charge >= 0.3 is 11.9 Å². The summed E-state index contributed by atoms with van der Waals surface area (Å²) in [7, 11) is 0. The molecular weight excluding hydrogens is 424 g/mol. The SMILES string of the molecule is CCCCCCCCC(CCCCCCCC)(CCCCCCCC(=O)O)C(=O)OCCCC. The van der Waals surface area contributed by atoms with E-state index in [1.807, 2.05) is 0 Å². The van der Waals surface area contributed by atoms with Gasteiger partial charge in [0.1, 0.15) is 0 Å². The highest BCUT2D eigenvalue weighted by Crippen LogP contribution is 2.39. The Kier molecular flexibility index (Phi) is 22.9. The molecule has 0 bridgehead atoms. The molecule has 0 unspecified atom stereocenters. The molecule has 0 saturated carbocycles. The van der Waals surface area contributed by atoms with Crippen molar-refractivity contribution < 1.29 is 19.4 Å². The van der Waals surface area contributed by atoms with Gasteiger partial charge in [-0.15, -0.1) is 0 Å². The maximum absolute atomic E-state index is 13.4. The van der Waals surface area contributed by atoms with Crippen molar-refractivity contribution in [3.8, 4) is 0 Å². The van der Waals surface area contributed by atoms with Crippen molar-refractivity contribution in [3.63, 3.8) is 0 Å². The second-order valence-corrected chi connectivity index (χ2v) is 10.5. The van der Waals surface area contributed by atoms with Crippen molar-refractivity contribution in [3.05, 3.63) is 0 Å². The Labute approximate surface area is 212 Å². The number of carboxylic acid groups (broad SMARTS) is 1. The third-order valence-corrected chi connectivity index (χ3v) is 7.23. The number of carbonyl (C=O) groups excluding carboxylic acids is 1. The summed E-state index contributed by atoms with van der Waals surface area (Å²) in [6.07, 6.45) is 25.0. The number of hydrogen-bond acceptors (Lipinski definition) is 3. The number of hydrogen-bond donors (Lipinski definition) is 1. The van der Waals surface area contributed by atoms with Crippen LogP contribution in [0.2, 0.25) is 0 Å². The molecule has 0 saturated heterocycles. The molecule has 0 heterocycles. The van der Waals surface area contributed by atoms with Crippen LogP contribution in [0.5, 0.6) is 0 Å². The van der Waals surface area contributed by atoms with Crippen molar-refractivity contribution in [2.75, 3.05) is 6.61 Å². The number of aliphatic carboxylic acids is 1. The Morgan fingerprint density at radius 3 is 1.35 bits per heavy atom. The highest BCUT2D eigenvalue weighted by atomic mass is 16.5. The molecule has 202 valence electrons. The van der Waals surface area contributed by atoms with E-state index in [0.717, 1.165) is 77.0 Å². The Balaban J connectivity index is 4.94. The molecule has 0 aliphatic rings. The lowest BCUT2D eigenvalue weighted by Gasteiger charge is -2.32. The maximum Gasteiger partial charge on any atom is 0.312 e. The van der Waals surface area contributed by atoms with Gasteiger partial charge in [0.15, 0.2) is 0 Å². The summed E-state index contributed by atoms with van der Waals surface area (Å²) in [5.41, 5.74) is -0.315. The van der Waals surface area contributed by atoms with Crippen molar-refractivity contribution >= 4 is 11.9 Å². The molecule has 0 aliphatic carbocycles. The van der Waals surface area contributed by atoms with Crippen LogP contribution in [0.4, 0.5) is 0 Å². The van der Waals surface area contributed by atoms with Crippen molar-refractivity contribution in [1.82, 2.24) is 0 Å². The number of unbranched alkanes of at least 4 members (excludes halogenated alkanes) is 15. The minimum Gasteiger partial charge on any atom is -0.481 e. The lowest BCUT2D eigenvalue weighted by molar-refractivity contribution is -0.158. The molecule has 0 aromatic carbocycles. The first kappa shape index (κ1) is 32.9. The summed E-state index contributed by atoms with van der Waals surface area (Å²) in [5.74, 6) is -0.638. The topological polar surface area (TPSA) is 63.6 Å². The van der Waals surface area contributed by atoms with Crippen LogP contribution in [0.3, 0.4) is 0 Å². The molecule has 34 heavy (non-hydrogen) atoms. The van der Waals surface area contributed by atoms with Gasteiger partial charge in [-0.05, 0) is 32.1 Å². The number of esters is 1. The summed E-state index contributed by atoms with van der Waals surface area (Å²) < 4.78 is 5.86. The third-order valence-electron chi connectivity index (χ3n) is 7.23. The molecule has 4 heteroatoms. The van der Waals surface area contributed by atoms with Gasteiger partial charge in [-0.2, -0.15) is 0 Å². The maximum atomic E-state index is 13.4. The highest BCUT2D eigenvalue weighted by Gasteiger charge is 2.38. The predicted molar refractivity (Wildman–Crippen MR) is 144 cm³/mol. The number of carbonyl (C=O) groups is 2. The molecule has 0 amide bonds. The quantitative estimate of drug-likeness (QED) is 0.0984. The zero-order valence-corrected chi connectivity index (χ0v) is 23.1. The first-order valence-corrected chi connectivity index (χ1v) is 14.9. The van der Waals surface area contributed by atoms with Gasteiger partial charge < -0.3 is 9.84 Å². The minimum atomic E-state index is -0.702. The summed E-state index contributed by atoms with van der Waals surface area (Å²) in [6.45, 7) is 7.19. The molecular formula is C30H58O4. The Morgan fingerprint density at radius 1 is 0.559 bits per heavy atom. The summed E-state index contributed by atoms with van der Waals surface area (Å²) in [4.78, 5) is 24.1. The Bertz CT molecular complexity index is 458. The second-order valence-electron chi connectivity index (χ2n) is 10.5. The standard InChI is InChI=1S/C30H58O4/c1-4-7-10-12-16-20-24-30(29(33)34-27-9-6-3,25-21-17-13-11-8-5-2)26-22-18-14-15-19-23-28(31)32/h4-27H2,1-3H3,(H,31,32). The van der Waals surface area contributed by atoms with E-state index in [-0.39, 0.29) is 17.8 Å². The second kappa shape index (κ2) is 23.7. The monoisotopic (exact) mass is 482 g/mol. The number of ether oxygens (including phenoxy) is 1. The largest absolute Gasteiger partial charge is 0.481 e. The van der Waals surface area contributed by atoms with E-state index in [2.05, 4.69) is 20.8 Å². The molecule has 4 nitrogen and oxygen atoms in total. The summed E-state index contributed by atoms with van der Waals surface area (Å²) in [5, 5.41) is 8.82. The normalized spacial score (nSPS) is 11.6. The van der Waals surface area contributed by atoms with Crippen LogP contribution in [0.25, 0.3) is 0 Å². The summed E-state index contributed by atoms with van der Waals surface area (Å²) >= 11 is 0. The lowest BCUT2D eigenvalue weighted by Crippen LogP contribution is -2.33. The number of carboxylic acids is 1. The molecule has 0 aromatic heterocycles. The fourth-order valence-corrected chi connectivity index (χ4v) is 4.90. The van der Waals surface area contributed by atoms with Crippen LogP contribution in [-0.4, -0.2) is 23.7 Å². The van der Waals surface area contributed by atoms with Gasteiger partial charge in [-0.1, -0.05) is 130 Å². The van der Waals surface area contributed by atoms with Crippen molar-refractivity contribution in [1.29, 1.82) is 0 Å². The van der Waals surface area contributed by atoms with E-state index in [1.54, 1.807) is 0 Å². The predicted octanol–water partition coefficient (Wildman–Crippen LogP) is 9.63. The smallest absolute Gasteiger partial charge is 0.312 e. The van der Waals surface area contributed by atoms with Gasteiger partial charge in [0, 0.05) is 6.42 Å². The van der Waals surface area contributed by atoms with E-state index >= 15 is 0 Å². The van der Waals surface area contributed by atoms with E-state index in [9.17, 15) is 9.59 Å². The van der Waals surface area contributed by atoms with Gasteiger partial charge in [0.25, 0.3) is 0 Å². The van der Waals surface area contributed by atoms with Crippen LogP contribution >= 0.6 is 0 Å². The Hall–Kier alpha value is -1.06. The van der Waals surface area contributed by atoms with E-state index in [0.29, 0.717) is 6.61 Å². The highest BCUT2D eigenvalue weighted by molar-refractivity contribution is 5.76. The zero-order valence-electron chi connectivity index (χ0n) is 23.1. The molecule has 0 spiro atoms. The van der Waals surface area contributed by atoms with E-state index in [1.165, 1.54) is 64.2 Å². The molecule has 0 fully saturated rings. The molecule has 0 atom stereocenters. The first-order valence-electron chi connectivity index (χ1n) is 14.9. The van der Waals surface area contributed by atoms with E-state index < -0.39 is 5.97 Å². The van der Waals surface area contributed by atoms with Gasteiger partial charge in [0.05, 0.1) is 12.0 Å². The van der Waals surface area contributed by atoms with Gasteiger partial charge in [-0.25, -0.2) is 0 Å². The third kappa shape index (κ3) is 18.3. The van der Waals surface area contributed by atoms with Crippen LogP contribution in [0.1, 0.15) is 168 Å². The van der Waals surface area contributed by atoms with Crippen LogP contribution < -0.4 is 0 Å². The van der Waals surface area contributed by atoms with Crippen LogP contribution in [0, 0.1) is 5.41 Å². The molecule has 0 rings (SSSR count). The van der Waals surface area contributed by atoms with Crippen molar-refractivity contribution in [2.24, 2.45) is 5.41 Å². The molecule has 1 N–H and O–H groups in total. The zero-order chi connectivity index (χ0) is 25.3. The molecule has 0 aliphatic heterocycles. The van der Waals surface area contributed by atoms with Crippen molar-refractivity contribution in [2.45, 2.75) is 168 Å². The Morgan fingerprint density at radius 2 is 0.941 bits per heavy atom. The molecule has 0 aromatic rings. The van der Waals surface area contributed by atoms with Gasteiger partial charge in [-0.3, -0.25) is 9.59 Å². The average Bonchev–Trinajstić information content (AvgIpc) is 2.82. The minimum absolute atomic E-state index is 0.0638. The van der Waals surface area contributed by atoms with Crippen LogP contribution in [-0.2, 0) is 14.3 Å². The lowest BCUT2D eigenvalue weighted by atomic mass is 9.74. The summed E-state index contributed by atoms with van der Waals surface area (Å²) in [6, 6.07) is 0. The number of rotatable bonds is 26. The molecule has 0 radical (unpaired) electrons. The van der Waals surface area contributed by atoms with Crippen LogP contribution in [0.15, 0.2) is 0 Å².